The maximum atomic E-state index is 6.02. The van der Waals surface area contributed by atoms with E-state index >= 15 is 0 Å². The van der Waals surface area contributed by atoms with E-state index in [1.54, 1.807) is 0 Å². The Kier molecular flexibility index (Phi) is 3.76. The van der Waals surface area contributed by atoms with E-state index in [4.69, 9.17) is 10.5 Å². The second-order valence-electron chi connectivity index (χ2n) is 5.96. The van der Waals surface area contributed by atoms with Gasteiger partial charge in [-0.05, 0) is 49.9 Å². The fourth-order valence-electron chi connectivity index (χ4n) is 3.26. The van der Waals surface area contributed by atoms with Crippen molar-refractivity contribution >= 4 is 0 Å². The molecule has 3 heteroatoms. The van der Waals surface area contributed by atoms with E-state index < -0.39 is 0 Å². The fourth-order valence-corrected chi connectivity index (χ4v) is 3.26. The molecule has 2 atom stereocenters. The highest BCUT2D eigenvalue weighted by Crippen LogP contribution is 2.26. The predicted octanol–water partition coefficient (Wildman–Crippen LogP) is 1.98. The number of hydrogen-bond donors (Lipinski definition) is 1. The van der Waals surface area contributed by atoms with Gasteiger partial charge in [-0.2, -0.15) is 0 Å². The van der Waals surface area contributed by atoms with Gasteiger partial charge in [-0.1, -0.05) is 12.1 Å². The highest BCUT2D eigenvalue weighted by Gasteiger charge is 2.22. The Morgan fingerprint density at radius 1 is 1.42 bits per heavy atom. The molecule has 1 aromatic rings. The van der Waals surface area contributed by atoms with E-state index in [2.05, 4.69) is 30.0 Å². The van der Waals surface area contributed by atoms with E-state index in [0.717, 1.165) is 51.1 Å². The number of ether oxygens (including phenoxy) is 1. The van der Waals surface area contributed by atoms with Crippen molar-refractivity contribution < 1.29 is 4.74 Å². The number of piperidine rings is 1. The maximum absolute atomic E-state index is 6.02. The van der Waals surface area contributed by atoms with Crippen molar-refractivity contribution in [2.75, 3.05) is 19.7 Å². The molecule has 2 heterocycles. The van der Waals surface area contributed by atoms with Crippen LogP contribution in [0.5, 0.6) is 5.75 Å². The molecule has 1 saturated heterocycles. The van der Waals surface area contributed by atoms with Gasteiger partial charge in [0.1, 0.15) is 5.75 Å². The maximum Gasteiger partial charge on any atom is 0.122 e. The highest BCUT2D eigenvalue weighted by atomic mass is 16.5. The van der Waals surface area contributed by atoms with Crippen molar-refractivity contribution in [1.82, 2.24) is 4.90 Å². The molecule has 1 aromatic carbocycles. The Bertz CT molecular complexity index is 446. The Hall–Kier alpha value is -1.06. The van der Waals surface area contributed by atoms with Crippen molar-refractivity contribution in [3.05, 3.63) is 29.3 Å². The fraction of sp³-hybridized carbons (Fsp3) is 0.625. The summed E-state index contributed by atoms with van der Waals surface area (Å²) in [6, 6.07) is 7.70. The first-order chi connectivity index (χ1) is 9.22. The normalized spacial score (nSPS) is 27.1. The van der Waals surface area contributed by atoms with Crippen molar-refractivity contribution in [3.63, 3.8) is 0 Å². The molecule has 0 saturated carbocycles. The monoisotopic (exact) mass is 260 g/mol. The van der Waals surface area contributed by atoms with Crippen LogP contribution in [0.15, 0.2) is 18.2 Å². The number of fused-ring (bicyclic) bond motifs is 1. The predicted molar refractivity (Wildman–Crippen MR) is 77.6 cm³/mol. The summed E-state index contributed by atoms with van der Waals surface area (Å²) in [6.07, 6.45) is 4.48. The van der Waals surface area contributed by atoms with Gasteiger partial charge in [-0.25, -0.2) is 0 Å². The highest BCUT2D eigenvalue weighted by molar-refractivity contribution is 5.39. The standard InChI is InChI=1S/C16H24N2O/c1-12-10-15(17)5-8-18(12)7-4-13-2-3-16-14(11-13)6-9-19-16/h2-3,11-12,15H,4-10,17H2,1H3. The molecule has 1 fully saturated rings. The third-order valence-electron chi connectivity index (χ3n) is 4.50. The molecule has 104 valence electrons. The molecule has 0 radical (unpaired) electrons. The number of nitrogens with two attached hydrogens (primary N) is 1. The smallest absolute Gasteiger partial charge is 0.122 e. The first-order valence-corrected chi connectivity index (χ1v) is 7.46. The summed E-state index contributed by atoms with van der Waals surface area (Å²) in [5.74, 6) is 1.08. The van der Waals surface area contributed by atoms with Gasteiger partial charge >= 0.3 is 0 Å². The minimum absolute atomic E-state index is 0.406. The minimum atomic E-state index is 0.406. The SMILES string of the molecule is CC1CC(N)CCN1CCc1ccc2c(c1)CCO2. The summed E-state index contributed by atoms with van der Waals surface area (Å²) >= 11 is 0. The molecular formula is C16H24N2O. The van der Waals surface area contributed by atoms with Crippen LogP contribution >= 0.6 is 0 Å². The van der Waals surface area contributed by atoms with Crippen molar-refractivity contribution in [1.29, 1.82) is 0 Å². The molecule has 3 nitrogen and oxygen atoms in total. The summed E-state index contributed by atoms with van der Waals surface area (Å²) in [7, 11) is 0. The number of likely N-dealkylation sites (tertiary alicyclic amines) is 1. The Balaban J connectivity index is 1.57. The second kappa shape index (κ2) is 5.51. The largest absolute Gasteiger partial charge is 0.493 e. The van der Waals surface area contributed by atoms with Crippen LogP contribution in [-0.2, 0) is 12.8 Å². The number of benzene rings is 1. The van der Waals surface area contributed by atoms with Gasteiger partial charge < -0.3 is 15.4 Å². The average Bonchev–Trinajstić information content (AvgIpc) is 2.85. The van der Waals surface area contributed by atoms with Crippen LogP contribution < -0.4 is 10.5 Å². The molecule has 2 aliphatic rings. The van der Waals surface area contributed by atoms with E-state index in [0.29, 0.717) is 12.1 Å². The number of hydrogen-bond acceptors (Lipinski definition) is 3. The first-order valence-electron chi connectivity index (χ1n) is 7.46. The van der Waals surface area contributed by atoms with Gasteiger partial charge in [-0.15, -0.1) is 0 Å². The van der Waals surface area contributed by atoms with Crippen LogP contribution in [0.3, 0.4) is 0 Å². The van der Waals surface area contributed by atoms with Gasteiger partial charge in [-0.3, -0.25) is 0 Å². The molecule has 19 heavy (non-hydrogen) atoms. The molecule has 2 N–H and O–H groups in total. The zero-order valence-electron chi connectivity index (χ0n) is 11.8. The summed E-state index contributed by atoms with van der Waals surface area (Å²) in [6.45, 7) is 5.44. The molecule has 0 aromatic heterocycles. The van der Waals surface area contributed by atoms with Crippen LogP contribution in [0.2, 0.25) is 0 Å². The van der Waals surface area contributed by atoms with Crippen LogP contribution in [0.25, 0.3) is 0 Å². The lowest BCUT2D eigenvalue weighted by Crippen LogP contribution is -2.46. The van der Waals surface area contributed by atoms with Crippen molar-refractivity contribution in [2.45, 2.75) is 44.7 Å². The van der Waals surface area contributed by atoms with Crippen LogP contribution in [0.1, 0.15) is 30.9 Å². The van der Waals surface area contributed by atoms with E-state index in [1.165, 1.54) is 11.1 Å². The van der Waals surface area contributed by atoms with E-state index in [9.17, 15) is 0 Å². The zero-order chi connectivity index (χ0) is 13.2. The number of rotatable bonds is 3. The second-order valence-corrected chi connectivity index (χ2v) is 5.96. The third-order valence-corrected chi connectivity index (χ3v) is 4.50. The summed E-state index contributed by atoms with van der Waals surface area (Å²) in [5.41, 5.74) is 8.83. The van der Waals surface area contributed by atoms with Gasteiger partial charge in [0, 0.05) is 25.0 Å². The summed E-state index contributed by atoms with van der Waals surface area (Å²) in [4.78, 5) is 2.58. The molecule has 0 spiro atoms. The third kappa shape index (κ3) is 2.93. The lowest BCUT2D eigenvalue weighted by molar-refractivity contribution is 0.149. The number of nitrogens with zero attached hydrogens (tertiary/aromatic N) is 1. The zero-order valence-corrected chi connectivity index (χ0v) is 11.8. The molecule has 0 aliphatic carbocycles. The summed E-state index contributed by atoms with van der Waals surface area (Å²) < 4.78 is 5.55. The van der Waals surface area contributed by atoms with Gasteiger partial charge in [0.2, 0.25) is 0 Å². The molecule has 0 amide bonds. The van der Waals surface area contributed by atoms with Crippen molar-refractivity contribution in [3.8, 4) is 5.75 Å². The lowest BCUT2D eigenvalue weighted by atomic mass is 9.98. The Morgan fingerprint density at radius 2 is 2.32 bits per heavy atom. The quantitative estimate of drug-likeness (QED) is 0.903. The van der Waals surface area contributed by atoms with Crippen molar-refractivity contribution in [2.24, 2.45) is 5.73 Å². The van der Waals surface area contributed by atoms with E-state index in [1.807, 2.05) is 0 Å². The van der Waals surface area contributed by atoms with E-state index in [-0.39, 0.29) is 0 Å². The molecular weight excluding hydrogens is 236 g/mol. The van der Waals surface area contributed by atoms with Crippen LogP contribution in [-0.4, -0.2) is 36.7 Å². The summed E-state index contributed by atoms with van der Waals surface area (Å²) in [5, 5.41) is 0. The lowest BCUT2D eigenvalue weighted by Gasteiger charge is -2.36. The topological polar surface area (TPSA) is 38.5 Å². The Labute approximate surface area is 115 Å². The minimum Gasteiger partial charge on any atom is -0.493 e. The first kappa shape index (κ1) is 12.9. The molecule has 2 unspecified atom stereocenters. The van der Waals surface area contributed by atoms with Gasteiger partial charge in [0.15, 0.2) is 0 Å². The molecule has 2 aliphatic heterocycles. The molecule has 3 rings (SSSR count). The van der Waals surface area contributed by atoms with Gasteiger partial charge in [0.05, 0.1) is 6.61 Å². The Morgan fingerprint density at radius 3 is 3.16 bits per heavy atom. The van der Waals surface area contributed by atoms with Crippen LogP contribution in [0.4, 0.5) is 0 Å². The van der Waals surface area contributed by atoms with Crippen LogP contribution in [0, 0.1) is 0 Å². The molecule has 0 bridgehead atoms. The average molecular weight is 260 g/mol. The van der Waals surface area contributed by atoms with Gasteiger partial charge in [0.25, 0.3) is 0 Å².